The maximum absolute atomic E-state index is 16.9. The molecule has 0 radical (unpaired) electrons. The summed E-state index contributed by atoms with van der Waals surface area (Å²) >= 11 is 1.33. The maximum Gasteiger partial charge on any atom is 0.318 e. The van der Waals surface area contributed by atoms with Crippen LogP contribution in [-0.4, -0.2) is 91.8 Å². The van der Waals surface area contributed by atoms with Crippen molar-refractivity contribution in [1.29, 1.82) is 5.26 Å². The number of ether oxygens (including phenoxy) is 4. The summed E-state index contributed by atoms with van der Waals surface area (Å²) in [6.07, 6.45) is 2.79. The zero-order valence-corrected chi connectivity index (χ0v) is 26.6. The normalized spacial score (nSPS) is 20.9. The number of aromatic nitrogens is 2. The summed E-state index contributed by atoms with van der Waals surface area (Å²) in [4.78, 5) is 14.1. The van der Waals surface area contributed by atoms with Crippen molar-refractivity contribution in [2.45, 2.75) is 44.6 Å². The second-order valence-corrected chi connectivity index (χ2v) is 13.0. The molecule has 13 heteroatoms. The number of aliphatic hydroxyl groups is 1. The predicted octanol–water partition coefficient (Wildman–Crippen LogP) is 4.21. The zero-order chi connectivity index (χ0) is 31.8. The number of benzene rings is 2. The largest absolute Gasteiger partial charge is 0.467 e. The minimum Gasteiger partial charge on any atom is -0.467 e. The molecule has 2 bridgehead atoms. The number of rotatable bonds is 6. The first kappa shape index (κ1) is 31.0. The van der Waals surface area contributed by atoms with E-state index in [2.05, 4.69) is 20.9 Å². The number of halogens is 1. The van der Waals surface area contributed by atoms with Crippen LogP contribution in [0.25, 0.3) is 32.1 Å². The molecule has 0 aliphatic carbocycles. The molecule has 3 fully saturated rings. The van der Waals surface area contributed by atoms with Crippen LogP contribution in [0.15, 0.2) is 18.2 Å². The van der Waals surface area contributed by atoms with E-state index in [0.717, 1.165) is 81.2 Å². The Morgan fingerprint density at radius 1 is 1.07 bits per heavy atom. The summed E-state index contributed by atoms with van der Waals surface area (Å²) in [7, 11) is 1.50. The van der Waals surface area contributed by atoms with E-state index in [9.17, 15) is 10.4 Å². The van der Waals surface area contributed by atoms with Crippen LogP contribution in [0.2, 0.25) is 0 Å². The van der Waals surface area contributed by atoms with E-state index < -0.39 is 5.82 Å². The average molecular weight is 649 g/mol. The van der Waals surface area contributed by atoms with Gasteiger partial charge in [0.2, 0.25) is 0 Å². The van der Waals surface area contributed by atoms with Crippen LogP contribution in [0.5, 0.6) is 6.01 Å². The molecular weight excluding hydrogens is 611 g/mol. The number of hydrogen-bond donors (Lipinski definition) is 2. The molecule has 3 N–H and O–H groups in total. The molecular formula is C33H37FN6O5S. The Balaban J connectivity index is 0.000000508. The van der Waals surface area contributed by atoms with Gasteiger partial charge in [0.05, 0.1) is 57.7 Å². The molecule has 0 spiro atoms. The van der Waals surface area contributed by atoms with Gasteiger partial charge >= 0.3 is 6.01 Å². The lowest BCUT2D eigenvalue weighted by Gasteiger charge is -2.42. The van der Waals surface area contributed by atoms with Gasteiger partial charge in [-0.2, -0.15) is 15.2 Å². The number of nitriles is 1. The second-order valence-electron chi connectivity index (χ2n) is 11.9. The van der Waals surface area contributed by atoms with Gasteiger partial charge in [-0.15, -0.1) is 11.3 Å². The number of piperazine rings is 1. The Morgan fingerprint density at radius 3 is 2.43 bits per heavy atom. The van der Waals surface area contributed by atoms with E-state index in [1.165, 1.54) is 18.4 Å². The van der Waals surface area contributed by atoms with Gasteiger partial charge in [-0.1, -0.05) is 12.1 Å². The molecule has 242 valence electrons. The Bertz CT molecular complexity index is 1780. The van der Waals surface area contributed by atoms with Crippen LogP contribution in [-0.2, 0) is 27.4 Å². The third-order valence-electron chi connectivity index (χ3n) is 9.24. The molecule has 4 aliphatic rings. The van der Waals surface area contributed by atoms with Crippen molar-refractivity contribution in [2.24, 2.45) is 0 Å². The van der Waals surface area contributed by atoms with Crippen molar-refractivity contribution in [1.82, 2.24) is 14.9 Å². The fourth-order valence-electron chi connectivity index (χ4n) is 7.29. The Labute approximate surface area is 270 Å². The smallest absolute Gasteiger partial charge is 0.318 e. The summed E-state index contributed by atoms with van der Waals surface area (Å²) in [5.41, 5.74) is 9.38. The third-order valence-corrected chi connectivity index (χ3v) is 10.2. The highest BCUT2D eigenvalue weighted by molar-refractivity contribution is 7.23. The molecule has 2 aromatic heterocycles. The molecule has 4 aromatic rings. The van der Waals surface area contributed by atoms with Gasteiger partial charge in [-0.3, -0.25) is 4.90 Å². The van der Waals surface area contributed by atoms with Crippen molar-refractivity contribution in [3.8, 4) is 23.2 Å². The number of nitrogen functional groups attached to an aromatic ring is 1. The van der Waals surface area contributed by atoms with E-state index in [-0.39, 0.29) is 36.8 Å². The number of nitrogens with zero attached hydrogens (tertiary/aromatic N) is 5. The number of anilines is 2. The maximum atomic E-state index is 16.9. The van der Waals surface area contributed by atoms with Crippen LogP contribution in [0.1, 0.15) is 36.0 Å². The highest BCUT2D eigenvalue weighted by Gasteiger charge is 2.42. The molecule has 2 unspecified atom stereocenters. The van der Waals surface area contributed by atoms with Gasteiger partial charge in [0.1, 0.15) is 22.4 Å². The zero-order valence-electron chi connectivity index (χ0n) is 25.8. The molecule has 0 saturated carbocycles. The molecule has 8 rings (SSSR count). The molecule has 0 amide bonds. The van der Waals surface area contributed by atoms with Crippen molar-refractivity contribution >= 4 is 43.1 Å². The van der Waals surface area contributed by atoms with Crippen LogP contribution in [0.4, 0.5) is 15.2 Å². The van der Waals surface area contributed by atoms with E-state index in [0.29, 0.717) is 44.9 Å². The first-order valence-corrected chi connectivity index (χ1v) is 16.5. The first-order chi connectivity index (χ1) is 22.5. The molecule has 6 heterocycles. The Kier molecular flexibility index (Phi) is 8.91. The molecule has 11 nitrogen and oxygen atoms in total. The molecule has 3 saturated heterocycles. The summed E-state index contributed by atoms with van der Waals surface area (Å²) in [5, 5.41) is 20.9. The summed E-state index contributed by atoms with van der Waals surface area (Å²) in [6, 6.07) is 8.38. The summed E-state index contributed by atoms with van der Waals surface area (Å²) < 4.78 is 39.1. The third kappa shape index (κ3) is 5.42. The number of nitrogens with two attached hydrogens (primary N) is 1. The predicted molar refractivity (Wildman–Crippen MR) is 174 cm³/mol. The van der Waals surface area contributed by atoms with E-state index in [4.69, 9.17) is 29.7 Å². The fourth-order valence-corrected chi connectivity index (χ4v) is 8.24. The van der Waals surface area contributed by atoms with Gasteiger partial charge in [-0.25, -0.2) is 4.39 Å². The van der Waals surface area contributed by atoms with Gasteiger partial charge in [0.15, 0.2) is 5.82 Å². The highest BCUT2D eigenvalue weighted by atomic mass is 32.1. The minimum absolute atomic E-state index is 0.115. The van der Waals surface area contributed by atoms with Crippen molar-refractivity contribution in [3.63, 3.8) is 0 Å². The quantitative estimate of drug-likeness (QED) is 0.311. The van der Waals surface area contributed by atoms with Gasteiger partial charge < -0.3 is 34.7 Å². The lowest BCUT2D eigenvalue weighted by atomic mass is 9.90. The molecule has 2 atom stereocenters. The van der Waals surface area contributed by atoms with Gasteiger partial charge in [0.25, 0.3) is 0 Å². The van der Waals surface area contributed by atoms with Crippen LogP contribution in [0.3, 0.4) is 0 Å². The minimum atomic E-state index is -0.476. The van der Waals surface area contributed by atoms with E-state index >= 15 is 4.39 Å². The van der Waals surface area contributed by atoms with Crippen molar-refractivity contribution in [3.05, 3.63) is 40.7 Å². The number of likely N-dealkylation sites (tertiary alicyclic amines) is 1. The number of hydrogen-bond acceptors (Lipinski definition) is 12. The second kappa shape index (κ2) is 13.2. The van der Waals surface area contributed by atoms with Crippen LogP contribution < -0.4 is 15.4 Å². The van der Waals surface area contributed by atoms with Gasteiger partial charge in [-0.05, 0) is 42.0 Å². The fraction of sp³-hybridized carbons (Fsp3) is 0.485. The lowest BCUT2D eigenvalue weighted by molar-refractivity contribution is -0.0334. The first-order valence-electron chi connectivity index (χ1n) is 15.7. The number of aliphatic hydroxyl groups excluding tert-OH is 1. The van der Waals surface area contributed by atoms with Crippen LogP contribution in [0, 0.1) is 17.1 Å². The SMILES string of the molecule is C1COCCO1.COc1nc(N2C3CCC2CN(CCCO)C3)c2c3c(c(-c4cccc5sc(N)c(C#N)c45)c(F)c2n1)COC3. The van der Waals surface area contributed by atoms with E-state index in [1.807, 2.05) is 18.2 Å². The molecule has 4 aliphatic heterocycles. The van der Waals surface area contributed by atoms with Crippen molar-refractivity contribution < 1.29 is 28.4 Å². The standard InChI is InChI=1S/C29H29FN6O3S.C4H8O2/c1-38-29-33-26-24(28(34-29)36-15-6-7-16(36)12-35(11-15)8-3-9-37)20-14-39-13-19(20)23(25(26)30)17-4-2-5-21-22(17)18(10-31)27(32)40-21;1-2-6-4-3-5-1/h2,4-5,15-16,37H,3,6-9,11-14,32H2,1H3;1-4H2. The molecule has 2 aromatic carbocycles. The number of methoxy groups -OCH3 is 1. The molecule has 46 heavy (non-hydrogen) atoms. The van der Waals surface area contributed by atoms with Gasteiger partial charge in [0, 0.05) is 54.0 Å². The van der Waals surface area contributed by atoms with Crippen molar-refractivity contribution in [2.75, 3.05) is 70.4 Å². The summed E-state index contributed by atoms with van der Waals surface area (Å²) in [6.45, 7) is 6.45. The number of fused-ring (bicyclic) bond motifs is 6. The average Bonchev–Trinajstić information content (AvgIpc) is 3.77. The Hall–Kier alpha value is -3.64. The highest BCUT2D eigenvalue weighted by Crippen LogP contribution is 2.48. The number of thiophene rings is 1. The van der Waals surface area contributed by atoms with Crippen LogP contribution >= 0.6 is 11.3 Å². The van der Waals surface area contributed by atoms with E-state index in [1.54, 1.807) is 0 Å². The summed E-state index contributed by atoms with van der Waals surface area (Å²) in [5.74, 6) is 0.218. The Morgan fingerprint density at radius 2 is 1.78 bits per heavy atom. The topological polar surface area (TPSA) is 139 Å². The lowest BCUT2D eigenvalue weighted by Crippen LogP contribution is -2.54. The monoisotopic (exact) mass is 648 g/mol.